The summed E-state index contributed by atoms with van der Waals surface area (Å²) < 4.78 is 12.1. The van der Waals surface area contributed by atoms with Crippen LogP contribution < -0.4 is 10.6 Å². The van der Waals surface area contributed by atoms with Gasteiger partial charge in [0, 0.05) is 66.6 Å². The number of aryl methyl sites for hydroxylation is 2. The first-order chi connectivity index (χ1) is 32.6. The fourth-order valence-corrected chi connectivity index (χ4v) is 9.91. The van der Waals surface area contributed by atoms with Crippen LogP contribution in [-0.2, 0) is 6.42 Å². The second-order valence-corrected chi connectivity index (χ2v) is 18.2. The number of rotatable bonds is 12. The number of likely N-dealkylation sites (tertiary alicyclic amines) is 2. The molecule has 6 heterocycles. The molecule has 0 radical (unpaired) electrons. The molecular formula is C52H51ClN10O4. The number of amides is 2. The lowest BCUT2D eigenvalue weighted by molar-refractivity contribution is 0.0516. The van der Waals surface area contributed by atoms with Crippen LogP contribution in [0.4, 0.5) is 12.0 Å². The number of piperidine rings is 2. The van der Waals surface area contributed by atoms with Gasteiger partial charge < -0.3 is 29.3 Å². The molecule has 4 aromatic heterocycles. The molecule has 4 atom stereocenters. The lowest BCUT2D eigenvalue weighted by atomic mass is 9.84. The van der Waals surface area contributed by atoms with E-state index in [4.69, 9.17) is 30.4 Å². The number of nitrogens with zero attached hydrogens (tertiary/aromatic N) is 8. The highest BCUT2D eigenvalue weighted by Crippen LogP contribution is 2.34. The lowest BCUT2D eigenvalue weighted by Crippen LogP contribution is -2.52. The van der Waals surface area contributed by atoms with E-state index in [0.717, 1.165) is 48.0 Å². The third-order valence-electron chi connectivity index (χ3n) is 13.2. The van der Waals surface area contributed by atoms with E-state index in [1.165, 1.54) is 0 Å². The molecule has 2 aliphatic heterocycles. The van der Waals surface area contributed by atoms with Crippen LogP contribution in [0.25, 0.3) is 45.0 Å². The van der Waals surface area contributed by atoms with E-state index in [1.807, 2.05) is 90.4 Å². The molecule has 2 aliphatic rings. The normalized spacial score (nSPS) is 18.6. The highest BCUT2D eigenvalue weighted by Gasteiger charge is 2.37. The van der Waals surface area contributed by atoms with Gasteiger partial charge in [-0.3, -0.25) is 9.59 Å². The van der Waals surface area contributed by atoms with Gasteiger partial charge in [0.25, 0.3) is 23.8 Å². The maximum atomic E-state index is 15.0. The summed E-state index contributed by atoms with van der Waals surface area (Å²) in [6, 6.07) is 28.8. The summed E-state index contributed by atoms with van der Waals surface area (Å²) in [5, 5.41) is 7.39. The number of hydrogen-bond donors (Lipinski definition) is 2. The molecule has 15 heteroatoms. The van der Waals surface area contributed by atoms with Gasteiger partial charge in [0.1, 0.15) is 11.0 Å². The Balaban J connectivity index is 0.935. The smallest absolute Gasteiger partial charge is 0.295 e. The zero-order valence-electron chi connectivity index (χ0n) is 37.7. The van der Waals surface area contributed by atoms with Crippen molar-refractivity contribution in [2.75, 3.05) is 36.8 Å². The molecule has 0 spiro atoms. The Morgan fingerprint density at radius 3 is 1.99 bits per heavy atom. The Hall–Kier alpha value is -7.19. The van der Waals surface area contributed by atoms with Crippen molar-refractivity contribution in [3.8, 4) is 22.8 Å². The van der Waals surface area contributed by atoms with Gasteiger partial charge in [0.15, 0.2) is 22.8 Å². The second kappa shape index (κ2) is 19.0. The van der Waals surface area contributed by atoms with Gasteiger partial charge in [0.05, 0.1) is 23.2 Å². The lowest BCUT2D eigenvalue weighted by Gasteiger charge is -2.41. The Kier molecular flexibility index (Phi) is 12.4. The second-order valence-electron chi connectivity index (χ2n) is 17.8. The number of benzene rings is 4. The maximum absolute atomic E-state index is 15.0. The number of oxazole rings is 2. The van der Waals surface area contributed by atoms with Crippen LogP contribution >= 0.6 is 11.6 Å². The Morgan fingerprint density at radius 1 is 0.657 bits per heavy atom. The van der Waals surface area contributed by atoms with E-state index in [-0.39, 0.29) is 35.7 Å². The number of carbonyl (C=O) groups is 2. The molecule has 14 nitrogen and oxygen atoms in total. The number of anilines is 2. The van der Waals surface area contributed by atoms with Crippen molar-refractivity contribution in [3.05, 3.63) is 143 Å². The van der Waals surface area contributed by atoms with Crippen LogP contribution in [0.2, 0.25) is 5.02 Å². The van der Waals surface area contributed by atoms with Gasteiger partial charge >= 0.3 is 0 Å². The van der Waals surface area contributed by atoms with Crippen molar-refractivity contribution in [1.29, 1.82) is 0 Å². The maximum Gasteiger partial charge on any atom is 0.295 e. The van der Waals surface area contributed by atoms with E-state index < -0.39 is 0 Å². The van der Waals surface area contributed by atoms with Gasteiger partial charge in [-0.05, 0) is 112 Å². The van der Waals surface area contributed by atoms with Crippen molar-refractivity contribution in [3.63, 3.8) is 0 Å². The average molecular weight is 915 g/mol. The standard InChI is InChI=1S/C52H51ClN10O4/c1-31-13-16-37(47-54-20-8-21-55-47)39(25-31)50(65)63-24-7-10-34(44(63)30-58-52-61-42-28-35(53)15-18-46(42)67-52)27-36-19-22-56-48(59-36)38-17-14-32(2)26-40(38)49(64)62-23-6-9-33(3)43(62)29-57-51-60-41-11-4-5-12-45(41)66-51/h4-5,8,11-22,25-26,28,33-34,43-44H,6-7,9-10,23-24,27,29-30H2,1-3H3,(H,57,60)(H,58,61)/t33-,34+,43-,44?/m1/s1. The summed E-state index contributed by atoms with van der Waals surface area (Å²) in [6.45, 7) is 8.22. The highest BCUT2D eigenvalue weighted by molar-refractivity contribution is 6.31. The topological polar surface area (TPSA) is 168 Å². The molecule has 2 amide bonds. The number of para-hydroxylation sites is 2. The largest absolute Gasteiger partial charge is 0.424 e. The zero-order valence-corrected chi connectivity index (χ0v) is 38.4. The van der Waals surface area contributed by atoms with E-state index in [2.05, 4.69) is 37.5 Å². The summed E-state index contributed by atoms with van der Waals surface area (Å²) in [4.78, 5) is 62.0. The summed E-state index contributed by atoms with van der Waals surface area (Å²) >= 11 is 6.28. The van der Waals surface area contributed by atoms with Crippen LogP contribution in [-0.4, -0.2) is 89.8 Å². The molecule has 67 heavy (non-hydrogen) atoms. The molecule has 0 saturated carbocycles. The van der Waals surface area contributed by atoms with Crippen molar-refractivity contribution in [2.45, 2.75) is 65.0 Å². The van der Waals surface area contributed by atoms with E-state index in [9.17, 15) is 9.59 Å². The first-order valence-electron chi connectivity index (χ1n) is 23.0. The number of fused-ring (bicyclic) bond motifs is 2. The first-order valence-corrected chi connectivity index (χ1v) is 23.4. The molecule has 2 saturated heterocycles. The predicted molar refractivity (Wildman–Crippen MR) is 259 cm³/mol. The van der Waals surface area contributed by atoms with Crippen LogP contribution in [0.1, 0.15) is 70.1 Å². The highest BCUT2D eigenvalue weighted by atomic mass is 35.5. The minimum atomic E-state index is -0.291. The van der Waals surface area contributed by atoms with Crippen molar-refractivity contribution in [1.82, 2.24) is 39.7 Å². The average Bonchev–Trinajstić information content (AvgIpc) is 3.96. The molecule has 4 aromatic carbocycles. The first kappa shape index (κ1) is 43.7. The monoisotopic (exact) mass is 914 g/mol. The fraction of sp³-hybridized carbons (Fsp3) is 0.308. The molecule has 8 aromatic rings. The van der Waals surface area contributed by atoms with Gasteiger partial charge in [-0.15, -0.1) is 0 Å². The van der Waals surface area contributed by atoms with Gasteiger partial charge in [-0.2, -0.15) is 9.97 Å². The van der Waals surface area contributed by atoms with Gasteiger partial charge in [0.2, 0.25) is 0 Å². The van der Waals surface area contributed by atoms with Crippen LogP contribution in [0.5, 0.6) is 0 Å². The molecular weight excluding hydrogens is 864 g/mol. The van der Waals surface area contributed by atoms with E-state index >= 15 is 0 Å². The number of aromatic nitrogens is 6. The molecule has 0 bridgehead atoms. The Morgan fingerprint density at radius 2 is 1.27 bits per heavy atom. The summed E-state index contributed by atoms with van der Waals surface area (Å²) in [5.41, 5.74) is 7.93. The van der Waals surface area contributed by atoms with Gasteiger partial charge in [-0.25, -0.2) is 19.9 Å². The molecule has 10 rings (SSSR count). The van der Waals surface area contributed by atoms with Crippen LogP contribution in [0.15, 0.2) is 118 Å². The third-order valence-corrected chi connectivity index (χ3v) is 13.4. The SMILES string of the molecule is Cc1ccc(-c2ncccn2)c(C(=O)N2CCC[C@@H](Cc3ccnc(-c4ccc(C)cc4C(=O)N4CCC[C@@H](C)[C@H]4CNc4nc5ccccc5o4)n3)C2CNc2nc3cc(Cl)ccc3o2)c1. The van der Waals surface area contributed by atoms with E-state index in [1.54, 1.807) is 42.9 Å². The van der Waals surface area contributed by atoms with Crippen molar-refractivity contribution < 1.29 is 18.4 Å². The van der Waals surface area contributed by atoms with Crippen molar-refractivity contribution >= 4 is 57.6 Å². The molecule has 2 fully saturated rings. The minimum Gasteiger partial charge on any atom is -0.424 e. The summed E-state index contributed by atoms with van der Waals surface area (Å²) in [5.74, 6) is 1.03. The Labute approximate surface area is 393 Å². The summed E-state index contributed by atoms with van der Waals surface area (Å²) in [6.07, 6.45) is 9.25. The van der Waals surface area contributed by atoms with Crippen LogP contribution in [0.3, 0.4) is 0 Å². The number of nitrogens with one attached hydrogen (secondary N) is 2. The number of halogens is 1. The Bertz CT molecular complexity index is 3050. The number of carbonyl (C=O) groups excluding carboxylic acids is 2. The third kappa shape index (κ3) is 9.31. The molecule has 0 aliphatic carbocycles. The zero-order chi connectivity index (χ0) is 46.0. The molecule has 340 valence electrons. The van der Waals surface area contributed by atoms with Gasteiger partial charge in [-0.1, -0.05) is 66.0 Å². The molecule has 1 unspecified atom stereocenters. The van der Waals surface area contributed by atoms with Crippen LogP contribution in [0, 0.1) is 25.7 Å². The molecule has 2 N–H and O–H groups in total. The number of hydrogen-bond acceptors (Lipinski definition) is 12. The predicted octanol–water partition coefficient (Wildman–Crippen LogP) is 10.1. The minimum absolute atomic E-state index is 0.0172. The summed E-state index contributed by atoms with van der Waals surface area (Å²) in [7, 11) is 0. The van der Waals surface area contributed by atoms with Crippen molar-refractivity contribution in [2.24, 2.45) is 11.8 Å². The van der Waals surface area contributed by atoms with E-state index in [0.29, 0.717) is 100 Å². The fourth-order valence-electron chi connectivity index (χ4n) is 9.74. The quantitative estimate of drug-likeness (QED) is 0.119.